The molecule has 0 radical (unpaired) electrons. The molecular weight excluding hydrogens is 250 g/mol. The third kappa shape index (κ3) is 3.31. The van der Waals surface area contributed by atoms with Crippen molar-refractivity contribution < 1.29 is 4.79 Å². The zero-order valence-electron chi connectivity index (χ0n) is 12.1. The second-order valence-corrected chi connectivity index (χ2v) is 6.12. The lowest BCUT2D eigenvalue weighted by Gasteiger charge is -2.25. The quantitative estimate of drug-likeness (QED) is 0.805. The first-order chi connectivity index (χ1) is 9.63. The molecule has 1 aromatic carbocycles. The molecule has 1 amide bonds. The van der Waals surface area contributed by atoms with Crippen LogP contribution in [0.25, 0.3) is 0 Å². The summed E-state index contributed by atoms with van der Waals surface area (Å²) in [5.74, 6) is 0.253. The molecule has 20 heavy (non-hydrogen) atoms. The number of nitrogens with zero attached hydrogens (tertiary/aromatic N) is 2. The first-order valence-electron chi connectivity index (χ1n) is 7.47. The first kappa shape index (κ1) is 13.4. The van der Waals surface area contributed by atoms with Crippen molar-refractivity contribution in [2.24, 2.45) is 0 Å². The van der Waals surface area contributed by atoms with Crippen LogP contribution in [0.3, 0.4) is 0 Å². The molecule has 0 heterocycles. The average molecular weight is 273 g/mol. The molecule has 2 aliphatic carbocycles. The zero-order chi connectivity index (χ0) is 14.1. The van der Waals surface area contributed by atoms with E-state index in [4.69, 9.17) is 5.73 Å². The van der Waals surface area contributed by atoms with Crippen LogP contribution in [-0.2, 0) is 11.3 Å². The fourth-order valence-corrected chi connectivity index (χ4v) is 2.63. The molecule has 2 aliphatic rings. The molecule has 108 valence electrons. The standard InChI is InChI=1S/C16H23N3O/c1-18(14-5-6-14)16(20)11-19(15-7-8-15)10-12-3-2-4-13(17)9-12/h2-4,9,14-15H,5-8,10-11,17H2,1H3. The van der Waals surface area contributed by atoms with Gasteiger partial charge >= 0.3 is 0 Å². The fraction of sp³-hybridized carbons (Fsp3) is 0.562. The highest BCUT2D eigenvalue weighted by Crippen LogP contribution is 2.30. The van der Waals surface area contributed by atoms with Crippen LogP contribution < -0.4 is 5.73 Å². The van der Waals surface area contributed by atoms with Crippen LogP contribution in [-0.4, -0.2) is 41.4 Å². The van der Waals surface area contributed by atoms with Crippen LogP contribution in [0.1, 0.15) is 31.2 Å². The van der Waals surface area contributed by atoms with Crippen molar-refractivity contribution in [3.8, 4) is 0 Å². The molecule has 2 fully saturated rings. The van der Waals surface area contributed by atoms with Gasteiger partial charge in [0.25, 0.3) is 0 Å². The molecule has 4 heteroatoms. The third-order valence-electron chi connectivity index (χ3n) is 4.23. The zero-order valence-corrected chi connectivity index (χ0v) is 12.1. The van der Waals surface area contributed by atoms with Crippen LogP contribution in [0.15, 0.2) is 24.3 Å². The normalized spacial score (nSPS) is 18.3. The van der Waals surface area contributed by atoms with Crippen LogP contribution in [0.5, 0.6) is 0 Å². The molecule has 2 N–H and O–H groups in total. The van der Waals surface area contributed by atoms with Gasteiger partial charge in [0.2, 0.25) is 5.91 Å². The molecule has 0 spiro atoms. The van der Waals surface area contributed by atoms with Gasteiger partial charge < -0.3 is 10.6 Å². The molecule has 4 nitrogen and oxygen atoms in total. The summed E-state index contributed by atoms with van der Waals surface area (Å²) in [6, 6.07) is 9.04. The number of amides is 1. The summed E-state index contributed by atoms with van der Waals surface area (Å²) in [7, 11) is 1.94. The highest BCUT2D eigenvalue weighted by Gasteiger charge is 2.34. The molecule has 0 saturated heterocycles. The molecule has 0 bridgehead atoms. The van der Waals surface area contributed by atoms with E-state index in [9.17, 15) is 4.79 Å². The molecule has 0 unspecified atom stereocenters. The average Bonchev–Trinajstić information content (AvgIpc) is 3.30. The van der Waals surface area contributed by atoms with Crippen molar-refractivity contribution in [2.45, 2.75) is 44.3 Å². The molecule has 0 atom stereocenters. The van der Waals surface area contributed by atoms with Crippen LogP contribution in [0.2, 0.25) is 0 Å². The largest absolute Gasteiger partial charge is 0.399 e. The van der Waals surface area contributed by atoms with Gasteiger partial charge in [0.1, 0.15) is 0 Å². The van der Waals surface area contributed by atoms with Gasteiger partial charge in [0, 0.05) is 31.4 Å². The van der Waals surface area contributed by atoms with Crippen molar-refractivity contribution in [3.05, 3.63) is 29.8 Å². The lowest BCUT2D eigenvalue weighted by molar-refractivity contribution is -0.131. The number of nitrogens with two attached hydrogens (primary N) is 1. The van der Waals surface area contributed by atoms with Crippen LogP contribution in [0, 0.1) is 0 Å². The molecule has 0 aromatic heterocycles. The highest BCUT2D eigenvalue weighted by molar-refractivity contribution is 5.78. The van der Waals surface area contributed by atoms with E-state index in [1.807, 2.05) is 30.1 Å². The Morgan fingerprint density at radius 1 is 1.25 bits per heavy atom. The van der Waals surface area contributed by atoms with Gasteiger partial charge in [0.05, 0.1) is 6.54 Å². The minimum atomic E-state index is 0.253. The summed E-state index contributed by atoms with van der Waals surface area (Å²) >= 11 is 0. The van der Waals surface area contributed by atoms with Gasteiger partial charge in [-0.25, -0.2) is 0 Å². The van der Waals surface area contributed by atoms with Gasteiger partial charge in [-0.15, -0.1) is 0 Å². The maximum absolute atomic E-state index is 12.3. The molecular formula is C16H23N3O. The second-order valence-electron chi connectivity index (χ2n) is 6.12. The Bertz CT molecular complexity index is 494. The number of carbonyl (C=O) groups is 1. The third-order valence-corrected chi connectivity index (χ3v) is 4.23. The Balaban J connectivity index is 1.62. The van der Waals surface area contributed by atoms with E-state index in [-0.39, 0.29) is 5.91 Å². The summed E-state index contributed by atoms with van der Waals surface area (Å²) in [6.07, 6.45) is 4.76. The predicted molar refractivity (Wildman–Crippen MR) is 80.1 cm³/mol. The summed E-state index contributed by atoms with van der Waals surface area (Å²) in [6.45, 7) is 1.35. The van der Waals surface area contributed by atoms with E-state index in [0.29, 0.717) is 18.6 Å². The Hall–Kier alpha value is -1.55. The summed E-state index contributed by atoms with van der Waals surface area (Å²) in [4.78, 5) is 16.5. The summed E-state index contributed by atoms with van der Waals surface area (Å²) in [5, 5.41) is 0. The van der Waals surface area contributed by atoms with Crippen molar-refractivity contribution in [1.29, 1.82) is 0 Å². The topological polar surface area (TPSA) is 49.6 Å². The molecule has 3 rings (SSSR count). The number of carbonyl (C=O) groups excluding carboxylic acids is 1. The monoisotopic (exact) mass is 273 g/mol. The maximum atomic E-state index is 12.3. The number of benzene rings is 1. The lowest BCUT2D eigenvalue weighted by atomic mass is 10.2. The minimum absolute atomic E-state index is 0.253. The Kier molecular flexibility index (Phi) is 3.66. The number of nitrogen functional groups attached to an aromatic ring is 1. The van der Waals surface area contributed by atoms with Crippen molar-refractivity contribution in [1.82, 2.24) is 9.80 Å². The predicted octanol–water partition coefficient (Wildman–Crippen LogP) is 1.85. The summed E-state index contributed by atoms with van der Waals surface area (Å²) in [5.41, 5.74) is 7.81. The second kappa shape index (κ2) is 5.44. The number of likely N-dealkylation sites (N-methyl/N-ethyl adjacent to an activating group) is 1. The lowest BCUT2D eigenvalue weighted by Crippen LogP contribution is -2.40. The van der Waals surface area contributed by atoms with Gasteiger partial charge in [-0.3, -0.25) is 9.69 Å². The van der Waals surface area contributed by atoms with E-state index in [0.717, 1.165) is 12.2 Å². The van der Waals surface area contributed by atoms with Gasteiger partial charge in [-0.2, -0.15) is 0 Å². The number of anilines is 1. The van der Waals surface area contributed by atoms with Crippen molar-refractivity contribution >= 4 is 11.6 Å². The Morgan fingerprint density at radius 2 is 1.95 bits per heavy atom. The number of hydrogen-bond donors (Lipinski definition) is 1. The van der Waals surface area contributed by atoms with Gasteiger partial charge in [0.15, 0.2) is 0 Å². The SMILES string of the molecule is CN(C(=O)CN(Cc1cccc(N)c1)C1CC1)C1CC1. The van der Waals surface area contributed by atoms with E-state index in [2.05, 4.69) is 11.0 Å². The minimum Gasteiger partial charge on any atom is -0.399 e. The Labute approximate surface area is 120 Å². The Morgan fingerprint density at radius 3 is 2.55 bits per heavy atom. The highest BCUT2D eigenvalue weighted by atomic mass is 16.2. The maximum Gasteiger partial charge on any atom is 0.236 e. The van der Waals surface area contributed by atoms with E-state index < -0.39 is 0 Å². The fourth-order valence-electron chi connectivity index (χ4n) is 2.63. The van der Waals surface area contributed by atoms with E-state index in [1.54, 1.807) is 0 Å². The molecule has 2 saturated carbocycles. The van der Waals surface area contributed by atoms with Gasteiger partial charge in [-0.1, -0.05) is 12.1 Å². The van der Waals surface area contributed by atoms with Crippen molar-refractivity contribution in [3.63, 3.8) is 0 Å². The smallest absolute Gasteiger partial charge is 0.236 e. The molecule has 1 aromatic rings. The van der Waals surface area contributed by atoms with Crippen LogP contribution >= 0.6 is 0 Å². The molecule has 0 aliphatic heterocycles. The van der Waals surface area contributed by atoms with Crippen LogP contribution in [0.4, 0.5) is 5.69 Å². The summed E-state index contributed by atoms with van der Waals surface area (Å²) < 4.78 is 0. The number of hydrogen-bond acceptors (Lipinski definition) is 3. The van der Waals surface area contributed by atoms with E-state index in [1.165, 1.54) is 31.2 Å². The van der Waals surface area contributed by atoms with Crippen molar-refractivity contribution in [2.75, 3.05) is 19.3 Å². The first-order valence-corrected chi connectivity index (χ1v) is 7.47. The van der Waals surface area contributed by atoms with Gasteiger partial charge in [-0.05, 0) is 43.4 Å². The van der Waals surface area contributed by atoms with E-state index >= 15 is 0 Å². The number of rotatable bonds is 6.